The summed E-state index contributed by atoms with van der Waals surface area (Å²) >= 11 is 0. The van der Waals surface area contributed by atoms with Gasteiger partial charge in [-0.3, -0.25) is 4.90 Å². The van der Waals surface area contributed by atoms with E-state index in [9.17, 15) is 10.2 Å². The average molecular weight is 236 g/mol. The molecule has 0 radical (unpaired) electrons. The molecule has 0 saturated carbocycles. The van der Waals surface area contributed by atoms with Gasteiger partial charge in [-0.15, -0.1) is 0 Å². The Bertz CT molecular complexity index is 316. The molecule has 0 unspecified atom stereocenters. The Morgan fingerprint density at radius 3 is 2.12 bits per heavy atom. The van der Waals surface area contributed by atoms with E-state index in [1.54, 1.807) is 0 Å². The maximum atomic E-state index is 9.43. The first-order valence-corrected chi connectivity index (χ1v) is 6.36. The summed E-state index contributed by atoms with van der Waals surface area (Å²) in [7, 11) is 0. The molecule has 2 atom stereocenters. The number of rotatable bonds is 4. The number of aliphatic hydroxyl groups is 2. The smallest absolute Gasteiger partial charge is 0.0587 e. The monoisotopic (exact) mass is 236 g/mol. The third-order valence-corrected chi connectivity index (χ3v) is 3.64. The summed E-state index contributed by atoms with van der Waals surface area (Å²) < 4.78 is 0. The van der Waals surface area contributed by atoms with E-state index < -0.39 is 0 Å². The number of benzene rings is 1. The van der Waals surface area contributed by atoms with Crippen molar-refractivity contribution in [2.45, 2.75) is 37.9 Å². The Labute approximate surface area is 103 Å². The predicted molar refractivity (Wildman–Crippen MR) is 67.6 cm³/mol. The second kappa shape index (κ2) is 6.15. The molecule has 1 fully saturated rings. The fourth-order valence-corrected chi connectivity index (χ4v) is 2.66. The van der Waals surface area contributed by atoms with Crippen molar-refractivity contribution in [1.82, 2.24) is 4.90 Å². The number of piperidine rings is 1. The van der Waals surface area contributed by atoms with Crippen LogP contribution >= 0.6 is 0 Å². The van der Waals surface area contributed by atoms with Gasteiger partial charge in [0.25, 0.3) is 0 Å². The first-order valence-electron chi connectivity index (χ1n) is 6.36. The number of likely N-dealkylation sites (tertiary alicyclic amines) is 1. The molecule has 1 aromatic carbocycles. The van der Waals surface area contributed by atoms with Gasteiger partial charge in [-0.05, 0) is 18.4 Å². The van der Waals surface area contributed by atoms with Gasteiger partial charge in [0.1, 0.15) is 0 Å². The SMILES string of the molecule is OC[C@@H]1CCC[C@H]([13CH2]O)N1Cc1ccccc1. The van der Waals surface area contributed by atoms with Crippen molar-refractivity contribution in [1.29, 1.82) is 0 Å². The highest BCUT2D eigenvalue weighted by Gasteiger charge is 2.29. The zero-order valence-electron chi connectivity index (χ0n) is 10.1. The minimum absolute atomic E-state index is 0.184. The van der Waals surface area contributed by atoms with E-state index in [4.69, 9.17) is 0 Å². The van der Waals surface area contributed by atoms with Crippen molar-refractivity contribution in [2.75, 3.05) is 13.2 Å². The maximum Gasteiger partial charge on any atom is 0.0587 e. The van der Waals surface area contributed by atoms with Gasteiger partial charge in [-0.2, -0.15) is 0 Å². The van der Waals surface area contributed by atoms with Crippen LogP contribution in [0.5, 0.6) is 0 Å². The van der Waals surface area contributed by atoms with E-state index in [-0.39, 0.29) is 25.3 Å². The van der Waals surface area contributed by atoms with E-state index in [0.717, 1.165) is 25.8 Å². The molecule has 0 spiro atoms. The van der Waals surface area contributed by atoms with Crippen molar-refractivity contribution >= 4 is 0 Å². The minimum Gasteiger partial charge on any atom is -0.395 e. The quantitative estimate of drug-likeness (QED) is 0.777. The normalized spacial score (nSPS) is 26.0. The molecular weight excluding hydrogens is 215 g/mol. The lowest BCUT2D eigenvalue weighted by Gasteiger charge is -2.40. The number of hydrogen-bond acceptors (Lipinski definition) is 3. The van der Waals surface area contributed by atoms with Gasteiger partial charge in [-0.25, -0.2) is 0 Å². The molecule has 3 nitrogen and oxygen atoms in total. The van der Waals surface area contributed by atoms with E-state index >= 15 is 0 Å². The molecule has 0 bridgehead atoms. The molecule has 1 aromatic rings. The van der Waals surface area contributed by atoms with Crippen LogP contribution in [0.2, 0.25) is 0 Å². The molecular formula is C14H21NO2. The maximum absolute atomic E-state index is 9.43. The number of hydrogen-bond donors (Lipinski definition) is 2. The van der Waals surface area contributed by atoms with Crippen LogP contribution in [0, 0.1) is 0 Å². The van der Waals surface area contributed by atoms with Crippen LogP contribution in [-0.2, 0) is 6.54 Å². The van der Waals surface area contributed by atoms with Crippen LogP contribution in [0.15, 0.2) is 30.3 Å². The third-order valence-electron chi connectivity index (χ3n) is 3.64. The van der Waals surface area contributed by atoms with Crippen LogP contribution in [0.3, 0.4) is 0 Å². The molecule has 0 amide bonds. The molecule has 94 valence electrons. The summed E-state index contributed by atoms with van der Waals surface area (Å²) in [5.74, 6) is 0. The van der Waals surface area contributed by atoms with Gasteiger partial charge in [0.05, 0.1) is 13.2 Å². The second-order valence-electron chi connectivity index (χ2n) is 4.76. The zero-order chi connectivity index (χ0) is 12.1. The lowest BCUT2D eigenvalue weighted by Crippen LogP contribution is -2.49. The lowest BCUT2D eigenvalue weighted by atomic mass is 9.98. The molecule has 2 N–H and O–H groups in total. The molecule has 2 rings (SSSR count). The van der Waals surface area contributed by atoms with E-state index in [2.05, 4.69) is 17.0 Å². The van der Waals surface area contributed by atoms with Crippen molar-refractivity contribution < 1.29 is 10.2 Å². The zero-order valence-corrected chi connectivity index (χ0v) is 10.1. The van der Waals surface area contributed by atoms with Gasteiger partial charge in [-0.1, -0.05) is 36.8 Å². The highest BCUT2D eigenvalue weighted by atomic mass is 16.3. The fraction of sp³-hybridized carbons (Fsp3) is 0.571. The molecule has 1 aliphatic heterocycles. The first-order chi connectivity index (χ1) is 8.35. The predicted octanol–water partition coefficient (Wildman–Crippen LogP) is 1.39. The van der Waals surface area contributed by atoms with Crippen LogP contribution in [0.4, 0.5) is 0 Å². The van der Waals surface area contributed by atoms with Crippen LogP contribution in [0.1, 0.15) is 24.8 Å². The van der Waals surface area contributed by atoms with Crippen LogP contribution in [0.25, 0.3) is 0 Å². The van der Waals surface area contributed by atoms with Gasteiger partial charge >= 0.3 is 0 Å². The highest BCUT2D eigenvalue weighted by molar-refractivity contribution is 5.15. The Morgan fingerprint density at radius 1 is 1.00 bits per heavy atom. The summed E-state index contributed by atoms with van der Waals surface area (Å²) in [6, 6.07) is 10.6. The summed E-state index contributed by atoms with van der Waals surface area (Å²) in [6.07, 6.45) is 3.15. The molecule has 3 heteroatoms. The van der Waals surface area contributed by atoms with E-state index in [1.165, 1.54) is 5.56 Å². The van der Waals surface area contributed by atoms with Crippen LogP contribution in [-0.4, -0.2) is 40.4 Å². The van der Waals surface area contributed by atoms with E-state index in [0.29, 0.717) is 0 Å². The molecule has 0 aliphatic carbocycles. The van der Waals surface area contributed by atoms with Gasteiger partial charge < -0.3 is 10.2 Å². The summed E-state index contributed by atoms with van der Waals surface area (Å²) in [6.45, 7) is 1.18. The number of nitrogens with zero attached hydrogens (tertiary/aromatic N) is 1. The molecule has 17 heavy (non-hydrogen) atoms. The lowest BCUT2D eigenvalue weighted by molar-refractivity contribution is 0.0120. The molecule has 1 heterocycles. The van der Waals surface area contributed by atoms with Gasteiger partial charge in [0.15, 0.2) is 0 Å². The Kier molecular flexibility index (Phi) is 4.54. The summed E-state index contributed by atoms with van der Waals surface area (Å²) in [5, 5.41) is 18.9. The largest absolute Gasteiger partial charge is 0.395 e. The second-order valence-corrected chi connectivity index (χ2v) is 4.76. The molecule has 1 aliphatic rings. The molecule has 0 aromatic heterocycles. The average Bonchev–Trinajstić information content (AvgIpc) is 2.40. The van der Waals surface area contributed by atoms with Gasteiger partial charge in [0.2, 0.25) is 0 Å². The topological polar surface area (TPSA) is 43.7 Å². The van der Waals surface area contributed by atoms with Gasteiger partial charge in [0, 0.05) is 18.6 Å². The Morgan fingerprint density at radius 2 is 1.59 bits per heavy atom. The standard InChI is InChI=1S/C14H21NO2/c16-10-13-7-4-8-14(11-17)15(13)9-12-5-2-1-3-6-12/h1-3,5-6,13-14,16-17H,4,7-11H2/t13-,14+/i10+1/m1/s1. The summed E-state index contributed by atoms with van der Waals surface area (Å²) in [4.78, 5) is 2.25. The van der Waals surface area contributed by atoms with Crippen molar-refractivity contribution in [3.05, 3.63) is 35.9 Å². The fourth-order valence-electron chi connectivity index (χ4n) is 2.66. The Hall–Kier alpha value is -0.900. The van der Waals surface area contributed by atoms with Crippen molar-refractivity contribution in [3.63, 3.8) is 0 Å². The third kappa shape index (κ3) is 3.06. The number of aliphatic hydroxyl groups excluding tert-OH is 2. The van der Waals surface area contributed by atoms with E-state index in [1.807, 2.05) is 18.2 Å². The van der Waals surface area contributed by atoms with Crippen molar-refractivity contribution in [2.24, 2.45) is 0 Å². The summed E-state index contributed by atoms with van der Waals surface area (Å²) in [5.41, 5.74) is 1.24. The Balaban J connectivity index is 2.08. The first kappa shape index (κ1) is 12.6. The molecule has 1 saturated heterocycles. The minimum atomic E-state index is 0.184. The highest BCUT2D eigenvalue weighted by Crippen LogP contribution is 2.24. The van der Waals surface area contributed by atoms with Crippen molar-refractivity contribution in [3.8, 4) is 0 Å². The van der Waals surface area contributed by atoms with Crippen LogP contribution < -0.4 is 0 Å².